The summed E-state index contributed by atoms with van der Waals surface area (Å²) in [5.74, 6) is -1.42. The molecule has 3 amide bonds. The molecule has 208 valence electrons. The summed E-state index contributed by atoms with van der Waals surface area (Å²) in [6.07, 6.45) is -0.130. The minimum Gasteiger partial charge on any atom is -0.444 e. The molecular weight excluding hydrogens is 492 g/mol. The van der Waals surface area contributed by atoms with Crippen LogP contribution >= 0.6 is 0 Å². The third kappa shape index (κ3) is 9.41. The van der Waals surface area contributed by atoms with Crippen molar-refractivity contribution in [2.24, 2.45) is 22.4 Å². The van der Waals surface area contributed by atoms with Gasteiger partial charge in [0.1, 0.15) is 23.3 Å². The number of hydrogen-bond donors (Lipinski definition) is 5. The maximum atomic E-state index is 13.2. The van der Waals surface area contributed by atoms with E-state index in [1.165, 1.54) is 6.07 Å². The van der Waals surface area contributed by atoms with Gasteiger partial charge in [0.2, 0.25) is 11.8 Å². The molecule has 12 nitrogen and oxygen atoms in total. The van der Waals surface area contributed by atoms with E-state index in [2.05, 4.69) is 20.9 Å². The highest BCUT2D eigenvalue weighted by molar-refractivity contribution is 5.99. The third-order valence-corrected chi connectivity index (χ3v) is 5.42. The van der Waals surface area contributed by atoms with E-state index in [4.69, 9.17) is 20.6 Å². The number of carbonyl (C=O) groups excluding carboxylic acids is 3. The lowest BCUT2D eigenvalue weighted by atomic mass is 10.0. The molecule has 2 aromatic rings. The average Bonchev–Trinajstić information content (AvgIpc) is 2.77. The first kappa shape index (κ1) is 30.1. The predicted octanol–water partition coefficient (Wildman–Crippen LogP) is 2.13. The standard InChI is InChI=1S/C26H38N6O6/c1-14(2)21(32-25(36)38-26(4,5)6)23(35)31-18(8-7-11-29-24(27)28)22(34)30-16-9-10-17-15(3)12-20(33)37-19(17)13-16/h9-10,12-14,18,21H,7-8,11H2,1-6H3,(H,30,34)(H,31,35)(H,32,36)(H4,27,28,29). The van der Waals surface area contributed by atoms with Gasteiger partial charge in [-0.1, -0.05) is 13.8 Å². The van der Waals surface area contributed by atoms with Gasteiger partial charge in [0.05, 0.1) is 0 Å². The number of alkyl carbamates (subject to hydrolysis) is 1. The van der Waals surface area contributed by atoms with Crippen LogP contribution in [-0.2, 0) is 14.3 Å². The number of anilines is 1. The van der Waals surface area contributed by atoms with E-state index in [0.717, 1.165) is 10.9 Å². The van der Waals surface area contributed by atoms with E-state index >= 15 is 0 Å². The van der Waals surface area contributed by atoms with Crippen LogP contribution in [0, 0.1) is 12.8 Å². The molecule has 0 radical (unpaired) electrons. The highest BCUT2D eigenvalue weighted by Gasteiger charge is 2.30. The summed E-state index contributed by atoms with van der Waals surface area (Å²) in [6, 6.07) is 4.41. The number of amides is 3. The van der Waals surface area contributed by atoms with Crippen molar-refractivity contribution in [2.75, 3.05) is 11.9 Å². The highest BCUT2D eigenvalue weighted by Crippen LogP contribution is 2.21. The first-order chi connectivity index (χ1) is 17.7. The summed E-state index contributed by atoms with van der Waals surface area (Å²) in [7, 11) is 0. The quantitative estimate of drug-likeness (QED) is 0.133. The molecule has 2 unspecified atom stereocenters. The van der Waals surface area contributed by atoms with Crippen LogP contribution in [-0.4, -0.2) is 48.1 Å². The van der Waals surface area contributed by atoms with E-state index in [0.29, 0.717) is 17.7 Å². The molecule has 7 N–H and O–H groups in total. The number of guanidine groups is 1. The Hall–Kier alpha value is -4.09. The summed E-state index contributed by atoms with van der Waals surface area (Å²) in [5.41, 5.74) is 11.0. The lowest BCUT2D eigenvalue weighted by molar-refractivity contribution is -0.128. The van der Waals surface area contributed by atoms with E-state index < -0.39 is 41.2 Å². The van der Waals surface area contributed by atoms with Gasteiger partial charge in [0.25, 0.3) is 0 Å². The molecular formula is C26H38N6O6. The molecule has 1 aromatic heterocycles. The molecule has 1 heterocycles. The van der Waals surface area contributed by atoms with Crippen LogP contribution in [0.15, 0.2) is 38.5 Å². The molecule has 0 fully saturated rings. The molecule has 0 spiro atoms. The number of nitrogens with zero attached hydrogens (tertiary/aromatic N) is 1. The van der Waals surface area contributed by atoms with Gasteiger partial charge >= 0.3 is 11.7 Å². The zero-order valence-corrected chi connectivity index (χ0v) is 22.7. The number of rotatable bonds is 10. The Morgan fingerprint density at radius 3 is 2.37 bits per heavy atom. The number of ether oxygens (including phenoxy) is 1. The van der Waals surface area contributed by atoms with Crippen molar-refractivity contribution < 1.29 is 23.5 Å². The van der Waals surface area contributed by atoms with Crippen LogP contribution in [0.3, 0.4) is 0 Å². The number of nitrogens with one attached hydrogen (secondary N) is 3. The number of aryl methyl sites for hydroxylation is 1. The Labute approximate surface area is 221 Å². The van der Waals surface area contributed by atoms with Crippen molar-refractivity contribution in [1.82, 2.24) is 10.6 Å². The van der Waals surface area contributed by atoms with E-state index in [9.17, 15) is 19.2 Å². The minimum atomic E-state index is -0.974. The van der Waals surface area contributed by atoms with Crippen LogP contribution in [0.25, 0.3) is 11.0 Å². The second-order valence-corrected chi connectivity index (χ2v) is 10.3. The fourth-order valence-corrected chi connectivity index (χ4v) is 3.64. The molecule has 0 saturated heterocycles. The Morgan fingerprint density at radius 2 is 1.76 bits per heavy atom. The first-order valence-electron chi connectivity index (χ1n) is 12.4. The molecule has 0 bridgehead atoms. The van der Waals surface area contributed by atoms with Crippen LogP contribution in [0.2, 0.25) is 0 Å². The second kappa shape index (κ2) is 12.9. The zero-order chi connectivity index (χ0) is 28.6. The van der Waals surface area contributed by atoms with Crippen LogP contribution in [0.1, 0.15) is 53.0 Å². The van der Waals surface area contributed by atoms with Gasteiger partial charge in [-0.3, -0.25) is 14.6 Å². The van der Waals surface area contributed by atoms with Crippen LogP contribution in [0.4, 0.5) is 10.5 Å². The minimum absolute atomic E-state index is 0.0792. The lowest BCUT2D eigenvalue weighted by Crippen LogP contribution is -2.55. The molecule has 0 aliphatic rings. The molecule has 2 atom stereocenters. The fourth-order valence-electron chi connectivity index (χ4n) is 3.64. The van der Waals surface area contributed by atoms with E-state index in [1.807, 2.05) is 0 Å². The molecule has 0 saturated carbocycles. The monoisotopic (exact) mass is 530 g/mol. The molecule has 2 rings (SSSR count). The van der Waals surface area contributed by atoms with Gasteiger partial charge in [-0.25, -0.2) is 9.59 Å². The number of hydrogen-bond acceptors (Lipinski definition) is 7. The SMILES string of the molecule is Cc1cc(=O)oc2cc(NC(=O)C(CCCN=C(N)N)NC(=O)C(NC(=O)OC(C)(C)C)C(C)C)ccc12. The number of benzene rings is 1. The van der Waals surface area contributed by atoms with Crippen molar-refractivity contribution in [3.05, 3.63) is 40.2 Å². The van der Waals surface area contributed by atoms with Crippen molar-refractivity contribution in [2.45, 2.75) is 72.1 Å². The van der Waals surface area contributed by atoms with Gasteiger partial charge in [0, 0.05) is 29.8 Å². The maximum Gasteiger partial charge on any atom is 0.408 e. The highest BCUT2D eigenvalue weighted by atomic mass is 16.6. The second-order valence-electron chi connectivity index (χ2n) is 10.3. The molecule has 12 heteroatoms. The summed E-state index contributed by atoms with van der Waals surface area (Å²) < 4.78 is 10.5. The third-order valence-electron chi connectivity index (χ3n) is 5.42. The van der Waals surface area contributed by atoms with E-state index in [-0.39, 0.29) is 24.8 Å². The van der Waals surface area contributed by atoms with Crippen LogP contribution in [0.5, 0.6) is 0 Å². The topological polar surface area (TPSA) is 191 Å². The maximum absolute atomic E-state index is 13.2. The number of carbonyl (C=O) groups is 3. The lowest BCUT2D eigenvalue weighted by Gasteiger charge is -2.27. The number of fused-ring (bicyclic) bond motifs is 1. The van der Waals surface area contributed by atoms with Crippen molar-refractivity contribution in [3.8, 4) is 0 Å². The Morgan fingerprint density at radius 1 is 1.08 bits per heavy atom. The first-order valence-corrected chi connectivity index (χ1v) is 12.4. The largest absolute Gasteiger partial charge is 0.444 e. The molecule has 38 heavy (non-hydrogen) atoms. The van der Waals surface area contributed by atoms with Crippen molar-refractivity contribution in [3.63, 3.8) is 0 Å². The number of nitrogens with two attached hydrogens (primary N) is 2. The van der Waals surface area contributed by atoms with Gasteiger partial charge in [-0.2, -0.15) is 0 Å². The normalized spacial score (nSPS) is 12.9. The Balaban J connectivity index is 2.22. The van der Waals surface area contributed by atoms with Gasteiger partial charge in [0.15, 0.2) is 5.96 Å². The van der Waals surface area contributed by atoms with Crippen molar-refractivity contribution in [1.29, 1.82) is 0 Å². The van der Waals surface area contributed by atoms with Gasteiger partial charge in [-0.15, -0.1) is 0 Å². The smallest absolute Gasteiger partial charge is 0.408 e. The molecule has 0 aliphatic carbocycles. The van der Waals surface area contributed by atoms with Gasteiger partial charge < -0.3 is 36.6 Å². The summed E-state index contributed by atoms with van der Waals surface area (Å²) in [6.45, 7) is 10.7. The Kier molecular flexibility index (Phi) is 10.3. The summed E-state index contributed by atoms with van der Waals surface area (Å²) in [4.78, 5) is 54.4. The molecule has 0 aliphatic heterocycles. The zero-order valence-electron chi connectivity index (χ0n) is 22.7. The summed E-state index contributed by atoms with van der Waals surface area (Å²) >= 11 is 0. The van der Waals surface area contributed by atoms with Crippen LogP contribution < -0.4 is 33.0 Å². The average molecular weight is 531 g/mol. The fraction of sp³-hybridized carbons (Fsp3) is 0.500. The van der Waals surface area contributed by atoms with Gasteiger partial charge in [-0.05, 0) is 64.2 Å². The predicted molar refractivity (Wildman–Crippen MR) is 146 cm³/mol. The van der Waals surface area contributed by atoms with Crippen molar-refractivity contribution >= 4 is 40.5 Å². The summed E-state index contributed by atoms with van der Waals surface area (Å²) in [5, 5.41) is 8.79. The molecule has 1 aromatic carbocycles. The van der Waals surface area contributed by atoms with E-state index in [1.54, 1.807) is 59.7 Å². The Bertz CT molecular complexity index is 1240. The number of aliphatic imine (C=N–C) groups is 1.